The summed E-state index contributed by atoms with van der Waals surface area (Å²) in [7, 11) is 0. The fraction of sp³-hybridized carbons (Fsp3) is 0.448. The second-order valence-corrected chi connectivity index (χ2v) is 12.8. The quantitative estimate of drug-likeness (QED) is 0.290. The Bertz CT molecular complexity index is 1370. The van der Waals surface area contributed by atoms with Crippen molar-refractivity contribution in [3.05, 3.63) is 62.8 Å². The van der Waals surface area contributed by atoms with E-state index in [1.54, 1.807) is 31.4 Å². The van der Waals surface area contributed by atoms with Crippen LogP contribution in [0, 0.1) is 5.82 Å². The number of halogens is 2. The number of rotatable bonds is 10. The number of benzene rings is 1. The second-order valence-electron chi connectivity index (χ2n) is 10.8. The number of carbonyl (C=O) groups excluding carboxylic acids is 2. The third-order valence-electron chi connectivity index (χ3n) is 7.61. The Balaban J connectivity index is 1.33. The molecule has 3 amide bonds. The first kappa shape index (κ1) is 28.6. The van der Waals surface area contributed by atoms with Gasteiger partial charge in [-0.1, -0.05) is 18.6 Å². The molecular weight excluding hydrogens is 595 g/mol. The van der Waals surface area contributed by atoms with Crippen LogP contribution in [0.3, 0.4) is 0 Å². The van der Waals surface area contributed by atoms with E-state index in [4.69, 9.17) is 4.98 Å². The maximum atomic E-state index is 13.5. The van der Waals surface area contributed by atoms with Gasteiger partial charge in [-0.3, -0.25) is 10.1 Å². The van der Waals surface area contributed by atoms with Crippen LogP contribution in [0.4, 0.5) is 15.1 Å². The number of likely N-dealkylation sites (tertiary alicyclic amines) is 1. The van der Waals surface area contributed by atoms with Crippen LogP contribution >= 0.6 is 27.3 Å². The highest BCUT2D eigenvalue weighted by Crippen LogP contribution is 2.36. The molecule has 0 atom stereocenters. The lowest BCUT2D eigenvalue weighted by molar-refractivity contribution is -0.125. The lowest BCUT2D eigenvalue weighted by Crippen LogP contribution is -2.46. The number of nitrogens with one attached hydrogen (secondary N) is 2. The van der Waals surface area contributed by atoms with Gasteiger partial charge in [0.2, 0.25) is 5.95 Å². The molecule has 0 saturated carbocycles. The number of amides is 3. The summed E-state index contributed by atoms with van der Waals surface area (Å²) in [5, 5.41) is 5.57. The fourth-order valence-corrected chi connectivity index (χ4v) is 6.96. The Morgan fingerprint density at radius 2 is 1.88 bits per heavy atom. The van der Waals surface area contributed by atoms with E-state index in [0.717, 1.165) is 53.1 Å². The van der Waals surface area contributed by atoms with Crippen LogP contribution in [-0.2, 0) is 17.6 Å². The van der Waals surface area contributed by atoms with Crippen molar-refractivity contribution in [2.24, 2.45) is 0 Å². The van der Waals surface area contributed by atoms with Crippen LogP contribution in [0.15, 0.2) is 41.0 Å². The number of piperidine rings is 1. The van der Waals surface area contributed by atoms with E-state index >= 15 is 0 Å². The summed E-state index contributed by atoms with van der Waals surface area (Å²) in [4.78, 5) is 39.8. The van der Waals surface area contributed by atoms with Crippen LogP contribution in [0.5, 0.6) is 0 Å². The number of aromatic nitrogens is 2. The highest BCUT2D eigenvalue weighted by molar-refractivity contribution is 9.10. The molecule has 40 heavy (non-hydrogen) atoms. The summed E-state index contributed by atoms with van der Waals surface area (Å²) in [6, 6.07) is 8.56. The van der Waals surface area contributed by atoms with E-state index in [-0.39, 0.29) is 11.7 Å². The van der Waals surface area contributed by atoms with Crippen LogP contribution < -0.4 is 10.6 Å². The zero-order valence-electron chi connectivity index (χ0n) is 22.8. The summed E-state index contributed by atoms with van der Waals surface area (Å²) in [6.07, 6.45) is 7.25. The number of carbonyl (C=O) groups is 2. The Hall–Kier alpha value is -2.89. The maximum Gasteiger partial charge on any atom is 0.325 e. The van der Waals surface area contributed by atoms with E-state index in [2.05, 4.69) is 42.5 Å². The molecule has 4 heterocycles. The molecule has 2 aromatic heterocycles. The van der Waals surface area contributed by atoms with Gasteiger partial charge >= 0.3 is 6.03 Å². The molecule has 2 aliphatic rings. The molecule has 0 unspecified atom stereocenters. The summed E-state index contributed by atoms with van der Waals surface area (Å²) in [5.74, 6) is -0.0818. The molecule has 3 aromatic rings. The highest BCUT2D eigenvalue weighted by atomic mass is 79.9. The van der Waals surface area contributed by atoms with E-state index in [1.165, 1.54) is 46.7 Å². The monoisotopic (exact) mass is 628 g/mol. The lowest BCUT2D eigenvalue weighted by Gasteiger charge is -2.27. The number of anilines is 1. The van der Waals surface area contributed by atoms with Gasteiger partial charge in [0.05, 0.1) is 15.0 Å². The van der Waals surface area contributed by atoms with Crippen molar-refractivity contribution in [2.45, 2.75) is 51.5 Å². The number of nitrogens with zero attached hydrogens (tertiary/aromatic N) is 4. The van der Waals surface area contributed by atoms with Crippen molar-refractivity contribution >= 4 is 45.2 Å². The molecule has 2 fully saturated rings. The van der Waals surface area contributed by atoms with E-state index in [9.17, 15) is 14.0 Å². The lowest BCUT2D eigenvalue weighted by atomic mass is 10.0. The van der Waals surface area contributed by atoms with Crippen molar-refractivity contribution in [1.82, 2.24) is 25.1 Å². The molecule has 2 aliphatic heterocycles. The SMILES string of the molecule is CC1(C)C(=O)NC(=O)N1CCNc1ncc(Br)c(-c2cc(CCN3CCCCC3)c(Cc3ccc(F)cc3)s2)n1. The Kier molecular flexibility index (Phi) is 8.82. The number of imide groups is 1. The van der Waals surface area contributed by atoms with E-state index < -0.39 is 11.6 Å². The third-order valence-corrected chi connectivity index (χ3v) is 9.38. The molecule has 212 valence electrons. The van der Waals surface area contributed by atoms with Crippen LogP contribution in [0.2, 0.25) is 0 Å². The number of hydrogen-bond acceptors (Lipinski definition) is 7. The Labute approximate surface area is 246 Å². The standard InChI is InChI=1S/C29H34BrFN6O2S/c1-29(2)26(38)35-28(39)37(29)15-11-32-27-33-18-22(30)25(34-27)24-17-20(10-14-36-12-4-3-5-13-36)23(40-24)16-19-6-8-21(31)9-7-19/h6-9,17-18H,3-5,10-16H2,1-2H3,(H,32,33,34)(H,35,38,39). The van der Waals surface area contributed by atoms with Crippen LogP contribution in [0.1, 0.15) is 49.1 Å². The van der Waals surface area contributed by atoms with Gasteiger partial charge in [-0.05, 0) is 91.5 Å². The predicted octanol–water partition coefficient (Wildman–Crippen LogP) is 5.47. The average Bonchev–Trinajstić information content (AvgIpc) is 3.42. The molecule has 2 N–H and O–H groups in total. The first-order valence-corrected chi connectivity index (χ1v) is 15.3. The van der Waals surface area contributed by atoms with Crippen LogP contribution in [-0.4, -0.2) is 70.0 Å². The predicted molar refractivity (Wildman–Crippen MR) is 159 cm³/mol. The van der Waals surface area contributed by atoms with Gasteiger partial charge in [0.1, 0.15) is 11.4 Å². The molecule has 5 rings (SSSR count). The summed E-state index contributed by atoms with van der Waals surface area (Å²) in [5.41, 5.74) is 2.27. The van der Waals surface area contributed by atoms with Crippen molar-refractivity contribution in [2.75, 3.05) is 38.0 Å². The normalized spacial score (nSPS) is 17.4. The van der Waals surface area contributed by atoms with Crippen LogP contribution in [0.25, 0.3) is 10.6 Å². The van der Waals surface area contributed by atoms with E-state index in [0.29, 0.717) is 19.0 Å². The van der Waals surface area contributed by atoms with Crippen molar-refractivity contribution < 1.29 is 14.0 Å². The molecule has 0 aliphatic carbocycles. The van der Waals surface area contributed by atoms with Gasteiger partial charge in [0.15, 0.2) is 0 Å². The Morgan fingerprint density at radius 1 is 1.12 bits per heavy atom. The van der Waals surface area contributed by atoms with Gasteiger partial charge < -0.3 is 15.1 Å². The minimum Gasteiger partial charge on any atom is -0.352 e. The van der Waals surface area contributed by atoms with Gasteiger partial charge in [-0.25, -0.2) is 19.2 Å². The second kappa shape index (κ2) is 12.3. The smallest absolute Gasteiger partial charge is 0.325 e. The van der Waals surface area contributed by atoms with Crippen molar-refractivity contribution in [3.8, 4) is 10.6 Å². The fourth-order valence-electron chi connectivity index (χ4n) is 5.17. The third kappa shape index (κ3) is 6.53. The summed E-state index contributed by atoms with van der Waals surface area (Å²) < 4.78 is 14.3. The van der Waals surface area contributed by atoms with Crippen molar-refractivity contribution in [1.29, 1.82) is 0 Å². The molecular formula is C29H34BrFN6O2S. The molecule has 0 bridgehead atoms. The molecule has 2 saturated heterocycles. The molecule has 0 radical (unpaired) electrons. The largest absolute Gasteiger partial charge is 0.352 e. The number of urea groups is 1. The van der Waals surface area contributed by atoms with Gasteiger partial charge in [-0.2, -0.15) is 0 Å². The molecule has 11 heteroatoms. The van der Waals surface area contributed by atoms with Gasteiger partial charge in [0.25, 0.3) is 5.91 Å². The van der Waals surface area contributed by atoms with Gasteiger partial charge in [-0.15, -0.1) is 11.3 Å². The summed E-state index contributed by atoms with van der Waals surface area (Å²) >= 11 is 5.34. The number of thiophene rings is 1. The molecule has 0 spiro atoms. The maximum absolute atomic E-state index is 13.5. The molecule has 8 nitrogen and oxygen atoms in total. The van der Waals surface area contributed by atoms with Gasteiger partial charge in [0, 0.05) is 37.1 Å². The zero-order chi connectivity index (χ0) is 28.3. The van der Waals surface area contributed by atoms with E-state index in [1.807, 2.05) is 12.1 Å². The molecule has 1 aromatic carbocycles. The topological polar surface area (TPSA) is 90.5 Å². The first-order valence-electron chi connectivity index (χ1n) is 13.7. The zero-order valence-corrected chi connectivity index (χ0v) is 25.2. The average molecular weight is 630 g/mol. The highest BCUT2D eigenvalue weighted by Gasteiger charge is 2.45. The first-order chi connectivity index (χ1) is 19.2. The minimum absolute atomic E-state index is 0.230. The number of hydrogen-bond donors (Lipinski definition) is 2. The Morgan fingerprint density at radius 3 is 2.58 bits per heavy atom. The minimum atomic E-state index is -0.896. The van der Waals surface area contributed by atoms with Crippen molar-refractivity contribution in [3.63, 3.8) is 0 Å². The summed E-state index contributed by atoms with van der Waals surface area (Å²) in [6.45, 7) is 7.51.